The molecule has 0 saturated carbocycles. The van der Waals surface area contributed by atoms with Crippen molar-refractivity contribution in [2.75, 3.05) is 13.1 Å². The van der Waals surface area contributed by atoms with Gasteiger partial charge < -0.3 is 10.0 Å². The number of nitrogens with zero attached hydrogens (tertiary/aromatic N) is 2. The van der Waals surface area contributed by atoms with Gasteiger partial charge >= 0.3 is 0 Å². The molecule has 0 unspecified atom stereocenters. The second-order valence-electron chi connectivity index (χ2n) is 4.24. The first-order valence-electron chi connectivity index (χ1n) is 5.73. The predicted molar refractivity (Wildman–Crippen MR) is 78.1 cm³/mol. The molecule has 0 fully saturated rings. The van der Waals surface area contributed by atoms with Crippen molar-refractivity contribution in [1.29, 1.82) is 0 Å². The number of benzene rings is 1. The highest BCUT2D eigenvalue weighted by atomic mass is 32.2. The maximum absolute atomic E-state index is 9.86. The Morgan fingerprint density at radius 2 is 2.28 bits per heavy atom. The van der Waals surface area contributed by atoms with Gasteiger partial charge in [-0.15, -0.1) is 11.3 Å². The lowest BCUT2D eigenvalue weighted by Crippen LogP contribution is -2.19. The fourth-order valence-corrected chi connectivity index (χ4v) is 4.42. The number of thiophene rings is 1. The van der Waals surface area contributed by atoms with Gasteiger partial charge in [-0.3, -0.25) is 4.99 Å². The minimum Gasteiger partial charge on any atom is -0.507 e. The molecule has 90 valence electrons. The maximum Gasteiger partial charge on any atom is 0.168 e. The number of thioether (sulfide) groups is 1. The summed E-state index contributed by atoms with van der Waals surface area (Å²) in [7, 11) is 0. The van der Waals surface area contributed by atoms with Crippen molar-refractivity contribution in [2.24, 2.45) is 4.99 Å². The van der Waals surface area contributed by atoms with Crippen LogP contribution >= 0.6 is 23.1 Å². The first-order chi connectivity index (χ1) is 8.83. The molecular formula is C13H10N2OS2. The zero-order valence-electron chi connectivity index (χ0n) is 9.46. The van der Waals surface area contributed by atoms with Crippen LogP contribution in [0.5, 0.6) is 5.75 Å². The van der Waals surface area contributed by atoms with Crippen molar-refractivity contribution in [3.05, 3.63) is 34.6 Å². The largest absolute Gasteiger partial charge is 0.507 e. The number of phenolic OH excluding ortho intramolecular Hbond substituents is 1. The molecule has 1 aromatic carbocycles. The fraction of sp³-hybridized carbons (Fsp3) is 0.154. The Balaban J connectivity index is 1.84. The molecule has 5 heteroatoms. The molecule has 0 aliphatic carbocycles. The van der Waals surface area contributed by atoms with E-state index in [1.54, 1.807) is 29.2 Å². The number of aromatic hydroxyl groups is 1. The van der Waals surface area contributed by atoms with Gasteiger partial charge in [0.15, 0.2) is 5.17 Å². The molecular weight excluding hydrogens is 264 g/mol. The van der Waals surface area contributed by atoms with Gasteiger partial charge in [0.1, 0.15) is 5.75 Å². The summed E-state index contributed by atoms with van der Waals surface area (Å²) in [5.74, 6) is 0.358. The lowest BCUT2D eigenvalue weighted by Gasteiger charge is -2.14. The summed E-state index contributed by atoms with van der Waals surface area (Å²) < 4.78 is 1.13. The standard InChI is InChI=1S/C13H10N2OS2/c16-10-2-1-3-11-8(10)6-12(18-11)9-7-17-13-14-4-5-15(9)13/h1-3,6-7,16H,4-5H2. The van der Waals surface area contributed by atoms with Gasteiger partial charge in [0, 0.05) is 22.0 Å². The Morgan fingerprint density at radius 3 is 3.17 bits per heavy atom. The van der Waals surface area contributed by atoms with Crippen molar-refractivity contribution >= 4 is 44.0 Å². The van der Waals surface area contributed by atoms with Gasteiger partial charge in [0.05, 0.1) is 17.1 Å². The minimum absolute atomic E-state index is 0.358. The zero-order chi connectivity index (χ0) is 12.1. The molecule has 1 aromatic heterocycles. The van der Waals surface area contributed by atoms with Crippen LogP contribution < -0.4 is 0 Å². The van der Waals surface area contributed by atoms with E-state index < -0.39 is 0 Å². The number of rotatable bonds is 1. The number of amidine groups is 1. The van der Waals surface area contributed by atoms with Crippen molar-refractivity contribution < 1.29 is 5.11 Å². The summed E-state index contributed by atoms with van der Waals surface area (Å²) in [6.07, 6.45) is 0. The molecule has 18 heavy (non-hydrogen) atoms. The topological polar surface area (TPSA) is 35.8 Å². The molecule has 0 saturated heterocycles. The van der Waals surface area contributed by atoms with Crippen LogP contribution in [-0.4, -0.2) is 28.3 Å². The predicted octanol–water partition coefficient (Wildman–Crippen LogP) is 3.32. The Bertz CT molecular complexity index is 702. The second-order valence-corrected chi connectivity index (χ2v) is 6.16. The fourth-order valence-electron chi connectivity index (χ4n) is 2.29. The van der Waals surface area contributed by atoms with E-state index in [1.165, 1.54) is 10.6 Å². The Hall–Kier alpha value is -1.46. The lowest BCUT2D eigenvalue weighted by atomic mass is 10.2. The van der Waals surface area contributed by atoms with Crippen LogP contribution in [0.25, 0.3) is 15.8 Å². The minimum atomic E-state index is 0.358. The van der Waals surface area contributed by atoms with Crippen LogP contribution in [0.2, 0.25) is 0 Å². The van der Waals surface area contributed by atoms with E-state index in [9.17, 15) is 5.11 Å². The summed E-state index contributed by atoms with van der Waals surface area (Å²) in [4.78, 5) is 7.91. The molecule has 4 rings (SSSR count). The van der Waals surface area contributed by atoms with Crippen LogP contribution in [0, 0.1) is 0 Å². The lowest BCUT2D eigenvalue weighted by molar-refractivity contribution is 0.482. The van der Waals surface area contributed by atoms with Crippen LogP contribution in [0.15, 0.2) is 34.7 Å². The molecule has 3 nitrogen and oxygen atoms in total. The summed E-state index contributed by atoms with van der Waals surface area (Å²) in [5, 5.41) is 14.1. The van der Waals surface area contributed by atoms with E-state index in [2.05, 4.69) is 21.4 Å². The third kappa shape index (κ3) is 1.41. The molecule has 0 amide bonds. The van der Waals surface area contributed by atoms with Gasteiger partial charge in [0.2, 0.25) is 0 Å². The van der Waals surface area contributed by atoms with Gasteiger partial charge in [0.25, 0.3) is 0 Å². The van der Waals surface area contributed by atoms with Crippen molar-refractivity contribution in [1.82, 2.24) is 4.90 Å². The van der Waals surface area contributed by atoms with E-state index in [-0.39, 0.29) is 0 Å². The average molecular weight is 274 g/mol. The molecule has 1 N–H and O–H groups in total. The van der Waals surface area contributed by atoms with Gasteiger partial charge in [-0.2, -0.15) is 0 Å². The quantitative estimate of drug-likeness (QED) is 0.866. The number of aliphatic imine (C=N–C) groups is 1. The van der Waals surface area contributed by atoms with Crippen LogP contribution in [0.4, 0.5) is 0 Å². The monoisotopic (exact) mass is 274 g/mol. The van der Waals surface area contributed by atoms with Crippen LogP contribution in [0.3, 0.4) is 0 Å². The summed E-state index contributed by atoms with van der Waals surface area (Å²) in [6, 6.07) is 7.74. The molecule has 2 aliphatic heterocycles. The third-order valence-corrected chi connectivity index (χ3v) is 5.18. The number of phenols is 1. The third-order valence-electron chi connectivity index (χ3n) is 3.16. The van der Waals surface area contributed by atoms with Crippen molar-refractivity contribution in [3.8, 4) is 5.75 Å². The second kappa shape index (κ2) is 3.76. The zero-order valence-corrected chi connectivity index (χ0v) is 11.1. The molecule has 0 spiro atoms. The summed E-state index contributed by atoms with van der Waals surface area (Å²) in [6.45, 7) is 1.85. The first-order valence-corrected chi connectivity index (χ1v) is 7.43. The molecule has 3 heterocycles. The van der Waals surface area contributed by atoms with E-state index in [1.807, 2.05) is 12.1 Å². The Morgan fingerprint density at radius 1 is 1.33 bits per heavy atom. The molecule has 2 aliphatic rings. The highest BCUT2D eigenvalue weighted by molar-refractivity contribution is 8.16. The molecule has 0 bridgehead atoms. The Labute approximate surface area is 112 Å². The summed E-state index contributed by atoms with van der Waals surface area (Å²) in [5.41, 5.74) is 1.22. The molecule has 0 radical (unpaired) electrons. The maximum atomic E-state index is 9.86. The van der Waals surface area contributed by atoms with E-state index in [0.717, 1.165) is 28.3 Å². The number of hydrogen-bond donors (Lipinski definition) is 1. The molecule has 0 atom stereocenters. The normalized spacial score (nSPS) is 18.1. The van der Waals surface area contributed by atoms with E-state index in [4.69, 9.17) is 0 Å². The van der Waals surface area contributed by atoms with E-state index in [0.29, 0.717) is 5.75 Å². The van der Waals surface area contributed by atoms with E-state index >= 15 is 0 Å². The average Bonchev–Trinajstić information content (AvgIpc) is 3.02. The summed E-state index contributed by atoms with van der Waals surface area (Å²) >= 11 is 3.41. The van der Waals surface area contributed by atoms with Gasteiger partial charge in [-0.05, 0) is 18.2 Å². The van der Waals surface area contributed by atoms with Crippen LogP contribution in [-0.2, 0) is 0 Å². The van der Waals surface area contributed by atoms with Crippen molar-refractivity contribution in [2.45, 2.75) is 0 Å². The first kappa shape index (κ1) is 10.5. The Kier molecular flexibility index (Phi) is 2.19. The highest BCUT2D eigenvalue weighted by Crippen LogP contribution is 2.41. The van der Waals surface area contributed by atoms with Gasteiger partial charge in [-0.25, -0.2) is 0 Å². The van der Waals surface area contributed by atoms with Crippen LogP contribution in [0.1, 0.15) is 4.88 Å². The number of hydrogen-bond acceptors (Lipinski definition) is 5. The molecule has 2 aromatic rings. The number of fused-ring (bicyclic) bond motifs is 2. The van der Waals surface area contributed by atoms with Gasteiger partial charge in [-0.1, -0.05) is 17.8 Å². The van der Waals surface area contributed by atoms with Crippen molar-refractivity contribution in [3.63, 3.8) is 0 Å². The SMILES string of the molecule is Oc1cccc2sc(C3=CSC4=NCCN34)cc12. The smallest absolute Gasteiger partial charge is 0.168 e. The highest BCUT2D eigenvalue weighted by Gasteiger charge is 2.28.